The fourth-order valence-corrected chi connectivity index (χ4v) is 2.89. The first-order chi connectivity index (χ1) is 10.6. The molecule has 0 amide bonds. The van der Waals surface area contributed by atoms with Crippen LogP contribution in [0, 0.1) is 0 Å². The zero-order chi connectivity index (χ0) is 15.7. The number of aromatic nitrogens is 1. The molecule has 0 bridgehead atoms. The molecular weight excluding hydrogens is 302 g/mol. The lowest BCUT2D eigenvalue weighted by Gasteiger charge is -2.09. The van der Waals surface area contributed by atoms with Gasteiger partial charge in [0.2, 0.25) is 5.75 Å². The zero-order valence-electron chi connectivity index (χ0n) is 11.6. The molecule has 0 saturated carbocycles. The standard InChI is InChI=1S/C16H13NO4S/c1-21-14-7-10(6-13(19)16(14)20)15-12(8-22-17-15)9-2-4-11(18)5-3-9/h2-8,18-20H,1H3. The van der Waals surface area contributed by atoms with Crippen LogP contribution < -0.4 is 4.74 Å². The fourth-order valence-electron chi connectivity index (χ4n) is 2.18. The second kappa shape index (κ2) is 5.57. The molecule has 1 aromatic heterocycles. The molecule has 3 aromatic rings. The highest BCUT2D eigenvalue weighted by molar-refractivity contribution is 7.04. The van der Waals surface area contributed by atoms with Crippen molar-refractivity contribution in [1.82, 2.24) is 4.37 Å². The van der Waals surface area contributed by atoms with E-state index >= 15 is 0 Å². The van der Waals surface area contributed by atoms with Gasteiger partial charge in [-0.2, -0.15) is 4.37 Å². The van der Waals surface area contributed by atoms with Crippen LogP contribution >= 0.6 is 11.5 Å². The number of phenols is 3. The van der Waals surface area contributed by atoms with E-state index < -0.39 is 0 Å². The molecule has 3 rings (SSSR count). The van der Waals surface area contributed by atoms with E-state index in [0.717, 1.165) is 11.1 Å². The lowest BCUT2D eigenvalue weighted by atomic mass is 10.0. The van der Waals surface area contributed by atoms with Crippen molar-refractivity contribution in [3.8, 4) is 45.4 Å². The number of hydrogen-bond acceptors (Lipinski definition) is 6. The van der Waals surface area contributed by atoms with Crippen LogP contribution in [0.3, 0.4) is 0 Å². The number of rotatable bonds is 3. The lowest BCUT2D eigenvalue weighted by Crippen LogP contribution is -1.88. The molecule has 0 aliphatic heterocycles. The number of ether oxygens (including phenoxy) is 1. The van der Waals surface area contributed by atoms with Crippen molar-refractivity contribution in [2.75, 3.05) is 7.11 Å². The maximum absolute atomic E-state index is 9.82. The number of hydrogen-bond donors (Lipinski definition) is 3. The number of nitrogens with zero attached hydrogens (tertiary/aromatic N) is 1. The molecule has 5 nitrogen and oxygen atoms in total. The first kappa shape index (κ1) is 14.2. The predicted molar refractivity (Wildman–Crippen MR) is 84.5 cm³/mol. The summed E-state index contributed by atoms with van der Waals surface area (Å²) in [7, 11) is 1.42. The number of methoxy groups -OCH3 is 1. The SMILES string of the molecule is COc1cc(-c2nscc2-c2ccc(O)cc2)cc(O)c1O. The molecule has 2 aromatic carbocycles. The van der Waals surface area contributed by atoms with Crippen LogP contribution in [0.15, 0.2) is 41.8 Å². The van der Waals surface area contributed by atoms with Gasteiger partial charge in [0, 0.05) is 16.5 Å². The van der Waals surface area contributed by atoms with E-state index in [2.05, 4.69) is 4.37 Å². The molecule has 0 fully saturated rings. The second-order valence-corrected chi connectivity index (χ2v) is 5.30. The minimum Gasteiger partial charge on any atom is -0.508 e. The Bertz CT molecular complexity index is 812. The molecule has 1 heterocycles. The number of phenolic OH excluding ortho intramolecular Hbond substituents is 3. The quantitative estimate of drug-likeness (QED) is 0.643. The van der Waals surface area contributed by atoms with Crippen molar-refractivity contribution in [3.05, 3.63) is 41.8 Å². The third-order valence-electron chi connectivity index (χ3n) is 3.30. The molecule has 0 aliphatic rings. The molecule has 0 aliphatic carbocycles. The van der Waals surface area contributed by atoms with E-state index in [0.29, 0.717) is 11.3 Å². The van der Waals surface area contributed by atoms with E-state index in [4.69, 9.17) is 4.74 Å². The Morgan fingerprint density at radius 1 is 1.00 bits per heavy atom. The van der Waals surface area contributed by atoms with Gasteiger partial charge in [-0.15, -0.1) is 0 Å². The maximum atomic E-state index is 9.82. The molecule has 0 unspecified atom stereocenters. The normalized spacial score (nSPS) is 10.6. The van der Waals surface area contributed by atoms with Crippen molar-refractivity contribution in [1.29, 1.82) is 0 Å². The molecule has 0 radical (unpaired) electrons. The van der Waals surface area contributed by atoms with Crippen LogP contribution in [0.5, 0.6) is 23.0 Å². The summed E-state index contributed by atoms with van der Waals surface area (Å²) in [5, 5.41) is 30.8. The van der Waals surface area contributed by atoms with E-state index in [9.17, 15) is 15.3 Å². The van der Waals surface area contributed by atoms with Gasteiger partial charge < -0.3 is 20.1 Å². The summed E-state index contributed by atoms with van der Waals surface area (Å²) in [6, 6.07) is 9.85. The Morgan fingerprint density at radius 2 is 1.73 bits per heavy atom. The van der Waals surface area contributed by atoms with Crippen molar-refractivity contribution < 1.29 is 20.1 Å². The molecule has 0 saturated heterocycles. The van der Waals surface area contributed by atoms with Gasteiger partial charge >= 0.3 is 0 Å². The third-order valence-corrected chi connectivity index (χ3v) is 3.93. The molecule has 6 heteroatoms. The van der Waals surface area contributed by atoms with Gasteiger partial charge in [0.1, 0.15) is 5.75 Å². The van der Waals surface area contributed by atoms with E-state index in [-0.39, 0.29) is 23.0 Å². The molecule has 0 atom stereocenters. The first-order valence-corrected chi connectivity index (χ1v) is 7.28. The Kier molecular flexibility index (Phi) is 3.60. The van der Waals surface area contributed by atoms with Crippen LogP contribution in [-0.4, -0.2) is 26.8 Å². The van der Waals surface area contributed by atoms with Crippen LogP contribution in [0.25, 0.3) is 22.4 Å². The van der Waals surface area contributed by atoms with Gasteiger partial charge in [0.15, 0.2) is 11.5 Å². The largest absolute Gasteiger partial charge is 0.508 e. The number of aromatic hydroxyl groups is 3. The van der Waals surface area contributed by atoms with E-state index in [1.807, 2.05) is 5.38 Å². The van der Waals surface area contributed by atoms with Gasteiger partial charge in [-0.05, 0) is 41.4 Å². The summed E-state index contributed by atoms with van der Waals surface area (Å²) in [4.78, 5) is 0. The summed E-state index contributed by atoms with van der Waals surface area (Å²) in [5.74, 6) is -0.191. The highest BCUT2D eigenvalue weighted by Gasteiger charge is 2.16. The van der Waals surface area contributed by atoms with Gasteiger partial charge in [0.25, 0.3) is 0 Å². The predicted octanol–water partition coefficient (Wildman–Crippen LogP) is 3.60. The van der Waals surface area contributed by atoms with E-state index in [1.54, 1.807) is 30.3 Å². The third kappa shape index (κ3) is 2.44. The van der Waals surface area contributed by atoms with Crippen molar-refractivity contribution >= 4 is 11.5 Å². The molecule has 112 valence electrons. The summed E-state index contributed by atoms with van der Waals surface area (Å²) in [6.07, 6.45) is 0. The first-order valence-electron chi connectivity index (χ1n) is 6.44. The van der Waals surface area contributed by atoms with Crippen molar-refractivity contribution in [2.45, 2.75) is 0 Å². The minimum atomic E-state index is -0.298. The van der Waals surface area contributed by atoms with Crippen LogP contribution in [0.2, 0.25) is 0 Å². The summed E-state index contributed by atoms with van der Waals surface area (Å²) < 4.78 is 9.42. The Hall–Kier alpha value is -2.73. The van der Waals surface area contributed by atoms with Crippen molar-refractivity contribution in [2.24, 2.45) is 0 Å². The molecule has 22 heavy (non-hydrogen) atoms. The molecular formula is C16H13NO4S. The average molecular weight is 315 g/mol. The monoisotopic (exact) mass is 315 g/mol. The van der Waals surface area contributed by atoms with E-state index in [1.165, 1.54) is 24.7 Å². The van der Waals surface area contributed by atoms with Gasteiger partial charge in [0.05, 0.1) is 12.8 Å². The Morgan fingerprint density at radius 3 is 2.41 bits per heavy atom. The topological polar surface area (TPSA) is 82.8 Å². The number of benzene rings is 2. The van der Waals surface area contributed by atoms with Gasteiger partial charge in [-0.25, -0.2) is 0 Å². The minimum absolute atomic E-state index is 0.180. The van der Waals surface area contributed by atoms with Gasteiger partial charge in [-0.3, -0.25) is 0 Å². The van der Waals surface area contributed by atoms with Crippen LogP contribution in [-0.2, 0) is 0 Å². The average Bonchev–Trinajstić information content (AvgIpc) is 3.00. The summed E-state index contributed by atoms with van der Waals surface area (Å²) in [5.41, 5.74) is 3.07. The fraction of sp³-hybridized carbons (Fsp3) is 0.0625. The van der Waals surface area contributed by atoms with Crippen LogP contribution in [0.4, 0.5) is 0 Å². The molecule has 3 N–H and O–H groups in total. The summed E-state index contributed by atoms with van der Waals surface area (Å²) in [6.45, 7) is 0. The summed E-state index contributed by atoms with van der Waals surface area (Å²) >= 11 is 1.29. The van der Waals surface area contributed by atoms with Gasteiger partial charge in [-0.1, -0.05) is 12.1 Å². The highest BCUT2D eigenvalue weighted by atomic mass is 32.1. The maximum Gasteiger partial charge on any atom is 0.200 e. The molecule has 0 spiro atoms. The van der Waals surface area contributed by atoms with Crippen LogP contribution in [0.1, 0.15) is 0 Å². The van der Waals surface area contributed by atoms with Crippen molar-refractivity contribution in [3.63, 3.8) is 0 Å². The highest BCUT2D eigenvalue weighted by Crippen LogP contribution is 2.42. The smallest absolute Gasteiger partial charge is 0.200 e. The second-order valence-electron chi connectivity index (χ2n) is 4.67. The Labute approximate surface area is 130 Å². The Balaban J connectivity index is 2.13. The lowest BCUT2D eigenvalue weighted by molar-refractivity contribution is 0.351. The zero-order valence-corrected chi connectivity index (χ0v) is 12.5.